The second-order valence-electron chi connectivity index (χ2n) is 3.93. The molecule has 2 rings (SSSR count). The lowest BCUT2D eigenvalue weighted by Crippen LogP contribution is -2.19. The normalized spacial score (nSPS) is 12.7. The van der Waals surface area contributed by atoms with Crippen molar-refractivity contribution < 1.29 is 4.39 Å². The number of nitrogens with zero attached hydrogens (tertiary/aromatic N) is 3. The monoisotopic (exact) mass is 234 g/mol. The number of rotatable bonds is 3. The van der Waals surface area contributed by atoms with Gasteiger partial charge in [-0.1, -0.05) is 0 Å². The molecule has 5 heteroatoms. The second-order valence-corrected chi connectivity index (χ2v) is 3.93. The standard InChI is InChI=1S/C12H15FN4/c1-8-10(6-16-17(8)3)12(14-2)9-4-5-15-7-11(9)13/h4-7,12,14H,1-3H3. The van der Waals surface area contributed by atoms with Crippen molar-refractivity contribution in [3.05, 3.63) is 47.3 Å². The van der Waals surface area contributed by atoms with Gasteiger partial charge in [-0.25, -0.2) is 4.39 Å². The van der Waals surface area contributed by atoms with Gasteiger partial charge in [-0.05, 0) is 20.0 Å². The van der Waals surface area contributed by atoms with Crippen molar-refractivity contribution >= 4 is 0 Å². The van der Waals surface area contributed by atoms with Gasteiger partial charge in [0.05, 0.1) is 18.4 Å². The number of aromatic nitrogens is 3. The number of halogens is 1. The van der Waals surface area contributed by atoms with Crippen LogP contribution in [-0.4, -0.2) is 21.8 Å². The Morgan fingerprint density at radius 2 is 2.12 bits per heavy atom. The van der Waals surface area contributed by atoms with Gasteiger partial charge >= 0.3 is 0 Å². The molecule has 0 fully saturated rings. The van der Waals surface area contributed by atoms with Crippen molar-refractivity contribution in [2.75, 3.05) is 7.05 Å². The molecule has 90 valence electrons. The van der Waals surface area contributed by atoms with Crippen molar-refractivity contribution in [1.82, 2.24) is 20.1 Å². The van der Waals surface area contributed by atoms with Crippen molar-refractivity contribution in [3.63, 3.8) is 0 Å². The zero-order valence-electron chi connectivity index (χ0n) is 10.1. The molecule has 0 saturated carbocycles. The summed E-state index contributed by atoms with van der Waals surface area (Å²) in [7, 11) is 3.67. The molecule has 0 aliphatic rings. The van der Waals surface area contributed by atoms with E-state index in [4.69, 9.17) is 0 Å². The van der Waals surface area contributed by atoms with Crippen LogP contribution in [0.5, 0.6) is 0 Å². The van der Waals surface area contributed by atoms with Crippen LogP contribution in [-0.2, 0) is 7.05 Å². The lowest BCUT2D eigenvalue weighted by Gasteiger charge is -2.16. The van der Waals surface area contributed by atoms with E-state index in [-0.39, 0.29) is 11.9 Å². The summed E-state index contributed by atoms with van der Waals surface area (Å²) >= 11 is 0. The SMILES string of the molecule is CNC(c1ccncc1F)c1cnn(C)c1C. The summed E-state index contributed by atoms with van der Waals surface area (Å²) in [5.41, 5.74) is 2.57. The van der Waals surface area contributed by atoms with Gasteiger partial charge in [0, 0.05) is 30.1 Å². The van der Waals surface area contributed by atoms with Gasteiger partial charge in [0.2, 0.25) is 0 Å². The molecule has 2 aromatic rings. The lowest BCUT2D eigenvalue weighted by atomic mass is 10.0. The van der Waals surface area contributed by atoms with E-state index in [2.05, 4.69) is 15.4 Å². The Kier molecular flexibility index (Phi) is 3.19. The summed E-state index contributed by atoms with van der Waals surface area (Å²) in [6.07, 6.45) is 4.58. The summed E-state index contributed by atoms with van der Waals surface area (Å²) in [5, 5.41) is 7.29. The van der Waals surface area contributed by atoms with E-state index < -0.39 is 0 Å². The summed E-state index contributed by atoms with van der Waals surface area (Å²) in [6.45, 7) is 1.96. The molecular weight excluding hydrogens is 219 g/mol. The van der Waals surface area contributed by atoms with E-state index in [1.165, 1.54) is 6.20 Å². The third-order valence-electron chi connectivity index (χ3n) is 2.99. The molecule has 0 amide bonds. The summed E-state index contributed by atoms with van der Waals surface area (Å²) in [5.74, 6) is -0.310. The third kappa shape index (κ3) is 2.06. The van der Waals surface area contributed by atoms with Crippen LogP contribution in [0.25, 0.3) is 0 Å². The Labute approximate surface area is 99.5 Å². The maximum atomic E-state index is 13.7. The predicted molar refractivity (Wildman–Crippen MR) is 63.0 cm³/mol. The number of pyridine rings is 1. The number of aryl methyl sites for hydroxylation is 1. The first kappa shape index (κ1) is 11.7. The van der Waals surface area contributed by atoms with Crippen LogP contribution < -0.4 is 5.32 Å². The van der Waals surface area contributed by atoms with Crippen LogP contribution >= 0.6 is 0 Å². The summed E-state index contributed by atoms with van der Waals surface area (Å²) in [6, 6.07) is 1.48. The minimum Gasteiger partial charge on any atom is -0.309 e. The molecule has 4 nitrogen and oxygen atoms in total. The van der Waals surface area contributed by atoms with Gasteiger partial charge in [0.25, 0.3) is 0 Å². The van der Waals surface area contributed by atoms with Gasteiger partial charge in [-0.15, -0.1) is 0 Å². The average molecular weight is 234 g/mol. The molecule has 2 aromatic heterocycles. The summed E-state index contributed by atoms with van der Waals surface area (Å²) < 4.78 is 15.5. The Morgan fingerprint density at radius 1 is 1.35 bits per heavy atom. The highest BCUT2D eigenvalue weighted by Crippen LogP contribution is 2.25. The zero-order chi connectivity index (χ0) is 12.4. The largest absolute Gasteiger partial charge is 0.309 e. The van der Waals surface area contributed by atoms with Gasteiger partial charge in [0.1, 0.15) is 5.82 Å². The van der Waals surface area contributed by atoms with Gasteiger partial charge in [-0.3, -0.25) is 9.67 Å². The molecule has 0 saturated heterocycles. The molecule has 1 atom stereocenters. The highest BCUT2D eigenvalue weighted by molar-refractivity contribution is 5.32. The number of nitrogens with one attached hydrogen (secondary N) is 1. The molecule has 1 N–H and O–H groups in total. The van der Waals surface area contributed by atoms with Crippen LogP contribution in [0.15, 0.2) is 24.7 Å². The first-order valence-electron chi connectivity index (χ1n) is 5.40. The van der Waals surface area contributed by atoms with Crippen LogP contribution in [0.2, 0.25) is 0 Å². The van der Waals surface area contributed by atoms with E-state index in [1.54, 1.807) is 30.2 Å². The molecule has 0 radical (unpaired) electrons. The highest BCUT2D eigenvalue weighted by Gasteiger charge is 2.19. The molecular formula is C12H15FN4. The van der Waals surface area contributed by atoms with E-state index in [0.717, 1.165) is 11.3 Å². The maximum Gasteiger partial charge on any atom is 0.146 e. The van der Waals surface area contributed by atoms with Crippen molar-refractivity contribution in [2.24, 2.45) is 7.05 Å². The number of hydrogen-bond acceptors (Lipinski definition) is 3. The molecule has 0 bridgehead atoms. The molecule has 0 aromatic carbocycles. The fourth-order valence-electron chi connectivity index (χ4n) is 1.90. The van der Waals surface area contributed by atoms with Crippen molar-refractivity contribution in [2.45, 2.75) is 13.0 Å². The van der Waals surface area contributed by atoms with Crippen LogP contribution in [0.1, 0.15) is 22.9 Å². The van der Waals surface area contributed by atoms with E-state index in [0.29, 0.717) is 5.56 Å². The Balaban J connectivity index is 2.48. The zero-order valence-corrected chi connectivity index (χ0v) is 10.1. The lowest BCUT2D eigenvalue weighted by molar-refractivity contribution is 0.569. The molecule has 2 heterocycles. The van der Waals surface area contributed by atoms with Crippen LogP contribution in [0.3, 0.4) is 0 Å². The minimum atomic E-state index is -0.310. The third-order valence-corrected chi connectivity index (χ3v) is 2.99. The molecule has 0 spiro atoms. The van der Waals surface area contributed by atoms with E-state index in [1.807, 2.05) is 14.0 Å². The number of hydrogen-bond donors (Lipinski definition) is 1. The summed E-state index contributed by atoms with van der Waals surface area (Å²) in [4.78, 5) is 3.76. The fourth-order valence-corrected chi connectivity index (χ4v) is 1.90. The fraction of sp³-hybridized carbons (Fsp3) is 0.333. The molecule has 0 aliphatic heterocycles. The Bertz CT molecular complexity index is 521. The Morgan fingerprint density at radius 3 is 2.65 bits per heavy atom. The predicted octanol–water partition coefficient (Wildman–Crippen LogP) is 1.57. The van der Waals surface area contributed by atoms with E-state index in [9.17, 15) is 4.39 Å². The van der Waals surface area contributed by atoms with Crippen LogP contribution in [0.4, 0.5) is 4.39 Å². The van der Waals surface area contributed by atoms with Crippen molar-refractivity contribution in [3.8, 4) is 0 Å². The van der Waals surface area contributed by atoms with Gasteiger partial charge in [-0.2, -0.15) is 5.10 Å². The topological polar surface area (TPSA) is 42.7 Å². The smallest absolute Gasteiger partial charge is 0.146 e. The molecule has 1 unspecified atom stereocenters. The average Bonchev–Trinajstić information content (AvgIpc) is 2.65. The van der Waals surface area contributed by atoms with Crippen molar-refractivity contribution in [1.29, 1.82) is 0 Å². The first-order valence-corrected chi connectivity index (χ1v) is 5.40. The maximum absolute atomic E-state index is 13.7. The Hall–Kier alpha value is -1.75. The second kappa shape index (κ2) is 4.63. The van der Waals surface area contributed by atoms with Gasteiger partial charge < -0.3 is 5.32 Å². The minimum absolute atomic E-state index is 0.202. The van der Waals surface area contributed by atoms with Gasteiger partial charge in [0.15, 0.2) is 0 Å². The quantitative estimate of drug-likeness (QED) is 0.876. The molecule has 0 aliphatic carbocycles. The van der Waals surface area contributed by atoms with E-state index >= 15 is 0 Å². The highest BCUT2D eigenvalue weighted by atomic mass is 19.1. The molecule has 17 heavy (non-hydrogen) atoms. The first-order chi connectivity index (χ1) is 8.15. The van der Waals surface area contributed by atoms with Crippen LogP contribution in [0, 0.1) is 12.7 Å².